The van der Waals surface area contributed by atoms with Crippen molar-refractivity contribution in [2.45, 2.75) is 11.8 Å². The molecule has 0 atom stereocenters. The molecular formula is C14H16FN3O2S. The molecule has 2 aromatic rings. The summed E-state index contributed by atoms with van der Waals surface area (Å²) in [5, 5.41) is 2.96. The topological polar surface area (TPSA) is 62.3 Å². The van der Waals surface area contributed by atoms with E-state index in [0.29, 0.717) is 12.2 Å². The summed E-state index contributed by atoms with van der Waals surface area (Å²) < 4.78 is 40.0. The van der Waals surface area contributed by atoms with Gasteiger partial charge in [-0.05, 0) is 25.1 Å². The van der Waals surface area contributed by atoms with Gasteiger partial charge < -0.3 is 5.32 Å². The lowest BCUT2D eigenvalue weighted by Crippen LogP contribution is -2.28. The normalized spacial score (nSPS) is 11.2. The third-order valence-electron chi connectivity index (χ3n) is 2.98. The maximum atomic E-state index is 13.8. The highest BCUT2D eigenvalue weighted by Crippen LogP contribution is 2.28. The summed E-state index contributed by atoms with van der Waals surface area (Å²) in [7, 11) is -2.58. The molecule has 0 saturated carbocycles. The van der Waals surface area contributed by atoms with Crippen LogP contribution in [0, 0.1) is 5.82 Å². The van der Waals surface area contributed by atoms with E-state index in [-0.39, 0.29) is 10.6 Å². The molecule has 5 nitrogen and oxygen atoms in total. The van der Waals surface area contributed by atoms with Gasteiger partial charge in [0, 0.05) is 26.0 Å². The number of nitrogens with zero attached hydrogens (tertiary/aromatic N) is 2. The number of benzene rings is 1. The van der Waals surface area contributed by atoms with E-state index in [9.17, 15) is 12.8 Å². The van der Waals surface area contributed by atoms with Crippen LogP contribution in [0.2, 0.25) is 0 Å². The van der Waals surface area contributed by atoms with Crippen LogP contribution in [0.1, 0.15) is 6.92 Å². The number of hydrogen-bond donors (Lipinski definition) is 1. The van der Waals surface area contributed by atoms with Crippen molar-refractivity contribution in [3.8, 4) is 0 Å². The summed E-state index contributed by atoms with van der Waals surface area (Å²) in [6, 6.07) is 7.30. The van der Waals surface area contributed by atoms with Gasteiger partial charge in [0.25, 0.3) is 10.0 Å². The van der Waals surface area contributed by atoms with E-state index in [1.54, 1.807) is 12.1 Å². The van der Waals surface area contributed by atoms with Crippen LogP contribution in [0.5, 0.6) is 0 Å². The fraction of sp³-hybridized carbons (Fsp3) is 0.214. The fourth-order valence-electron chi connectivity index (χ4n) is 1.91. The molecule has 0 radical (unpaired) electrons. The maximum Gasteiger partial charge on any atom is 0.267 e. The predicted octanol–water partition coefficient (Wildman–Crippen LogP) is 2.48. The summed E-state index contributed by atoms with van der Waals surface area (Å²) in [5.41, 5.74) is 0.430. The van der Waals surface area contributed by atoms with Crippen LogP contribution >= 0.6 is 0 Å². The molecule has 1 heterocycles. The molecule has 1 aromatic carbocycles. The molecule has 0 saturated heterocycles. The standard InChI is InChI=1S/C14H16FN3O2S/c1-3-17-12-8-9-16-10-14(12)21(19,20)18(2)13-7-5-4-6-11(13)15/h4-10H,3H2,1-2H3,(H,16,17). The first-order valence-electron chi connectivity index (χ1n) is 6.39. The molecule has 1 N–H and O–H groups in total. The number of pyridine rings is 1. The molecule has 0 amide bonds. The molecule has 0 unspecified atom stereocenters. The first-order valence-corrected chi connectivity index (χ1v) is 7.83. The monoisotopic (exact) mass is 309 g/mol. The molecule has 0 aliphatic carbocycles. The fourth-order valence-corrected chi connectivity index (χ4v) is 3.22. The van der Waals surface area contributed by atoms with Crippen LogP contribution in [0.3, 0.4) is 0 Å². The summed E-state index contributed by atoms with van der Waals surface area (Å²) >= 11 is 0. The van der Waals surface area contributed by atoms with Gasteiger partial charge in [-0.25, -0.2) is 12.8 Å². The highest BCUT2D eigenvalue weighted by molar-refractivity contribution is 7.93. The van der Waals surface area contributed by atoms with Crippen LogP contribution in [-0.2, 0) is 10.0 Å². The zero-order chi connectivity index (χ0) is 15.5. The lowest BCUT2D eigenvalue weighted by Gasteiger charge is -2.21. The Kier molecular flexibility index (Phi) is 4.42. The van der Waals surface area contributed by atoms with E-state index in [1.165, 1.54) is 37.6 Å². The van der Waals surface area contributed by atoms with Crippen LogP contribution in [0.4, 0.5) is 15.8 Å². The number of nitrogens with one attached hydrogen (secondary N) is 1. The Balaban J connectivity index is 2.50. The Morgan fingerprint density at radius 1 is 1.29 bits per heavy atom. The second-order valence-electron chi connectivity index (χ2n) is 4.33. The number of sulfonamides is 1. The number of para-hydroxylation sites is 1. The van der Waals surface area contributed by atoms with E-state index in [4.69, 9.17) is 0 Å². The summed E-state index contributed by atoms with van der Waals surface area (Å²) in [6.45, 7) is 2.42. The van der Waals surface area contributed by atoms with E-state index in [2.05, 4.69) is 10.3 Å². The van der Waals surface area contributed by atoms with Gasteiger partial charge in [-0.3, -0.25) is 9.29 Å². The molecule has 0 fully saturated rings. The van der Waals surface area contributed by atoms with Gasteiger partial charge in [0.05, 0.1) is 11.4 Å². The number of rotatable bonds is 5. The molecule has 1 aromatic heterocycles. The second kappa shape index (κ2) is 6.09. The Bertz CT molecular complexity index is 735. The van der Waals surface area contributed by atoms with Gasteiger partial charge >= 0.3 is 0 Å². The van der Waals surface area contributed by atoms with Crippen LogP contribution in [-0.4, -0.2) is 27.0 Å². The van der Waals surface area contributed by atoms with Crippen molar-refractivity contribution in [2.75, 3.05) is 23.2 Å². The van der Waals surface area contributed by atoms with Crippen molar-refractivity contribution in [1.29, 1.82) is 0 Å². The van der Waals surface area contributed by atoms with Gasteiger partial charge in [0.1, 0.15) is 10.7 Å². The smallest absolute Gasteiger partial charge is 0.267 e. The molecule has 0 aliphatic heterocycles. The van der Waals surface area contributed by atoms with Gasteiger partial charge in [0.2, 0.25) is 0 Å². The molecule has 21 heavy (non-hydrogen) atoms. The molecule has 7 heteroatoms. The van der Waals surface area contributed by atoms with Gasteiger partial charge in [-0.2, -0.15) is 0 Å². The van der Waals surface area contributed by atoms with Crippen LogP contribution in [0.15, 0.2) is 47.6 Å². The number of halogens is 1. The summed E-state index contributed by atoms with van der Waals surface area (Å²) in [5.74, 6) is -0.600. The molecule has 0 bridgehead atoms. The lowest BCUT2D eigenvalue weighted by molar-refractivity contribution is 0.589. The van der Waals surface area contributed by atoms with Crippen LogP contribution < -0.4 is 9.62 Å². The van der Waals surface area contributed by atoms with E-state index in [0.717, 1.165) is 4.31 Å². The lowest BCUT2D eigenvalue weighted by atomic mass is 10.3. The predicted molar refractivity (Wildman–Crippen MR) is 80.4 cm³/mol. The third kappa shape index (κ3) is 2.97. The first kappa shape index (κ1) is 15.2. The van der Waals surface area contributed by atoms with Crippen molar-refractivity contribution in [3.63, 3.8) is 0 Å². The Labute approximate surface area is 123 Å². The highest BCUT2D eigenvalue weighted by Gasteiger charge is 2.26. The minimum atomic E-state index is -3.90. The molecule has 2 rings (SSSR count). The van der Waals surface area contributed by atoms with Gasteiger partial charge in [0.15, 0.2) is 0 Å². The van der Waals surface area contributed by atoms with Crippen LogP contribution in [0.25, 0.3) is 0 Å². The number of hydrogen-bond acceptors (Lipinski definition) is 4. The Morgan fingerprint density at radius 2 is 2.00 bits per heavy atom. The maximum absolute atomic E-state index is 13.8. The Morgan fingerprint density at radius 3 is 2.67 bits per heavy atom. The molecular weight excluding hydrogens is 293 g/mol. The SMILES string of the molecule is CCNc1ccncc1S(=O)(=O)N(C)c1ccccc1F. The van der Waals surface area contributed by atoms with E-state index < -0.39 is 15.8 Å². The Hall–Kier alpha value is -2.15. The molecule has 112 valence electrons. The quantitative estimate of drug-likeness (QED) is 0.921. The average molecular weight is 309 g/mol. The summed E-state index contributed by atoms with van der Waals surface area (Å²) in [4.78, 5) is 3.86. The highest BCUT2D eigenvalue weighted by atomic mass is 32.2. The van der Waals surface area contributed by atoms with E-state index in [1.807, 2.05) is 6.92 Å². The van der Waals surface area contributed by atoms with Crippen molar-refractivity contribution < 1.29 is 12.8 Å². The van der Waals surface area contributed by atoms with E-state index >= 15 is 0 Å². The third-order valence-corrected chi connectivity index (χ3v) is 4.78. The molecule has 0 aliphatic rings. The second-order valence-corrected chi connectivity index (χ2v) is 6.26. The average Bonchev–Trinajstić information content (AvgIpc) is 2.48. The van der Waals surface area contributed by atoms with Crippen molar-refractivity contribution >= 4 is 21.4 Å². The number of anilines is 2. The van der Waals surface area contributed by atoms with Crippen molar-refractivity contribution in [3.05, 3.63) is 48.5 Å². The van der Waals surface area contributed by atoms with Gasteiger partial charge in [-0.15, -0.1) is 0 Å². The summed E-state index contributed by atoms with van der Waals surface area (Å²) in [6.07, 6.45) is 2.75. The first-order chi connectivity index (χ1) is 9.98. The minimum Gasteiger partial charge on any atom is -0.384 e. The zero-order valence-electron chi connectivity index (χ0n) is 11.7. The number of aromatic nitrogens is 1. The largest absolute Gasteiger partial charge is 0.384 e. The van der Waals surface area contributed by atoms with Crippen molar-refractivity contribution in [2.24, 2.45) is 0 Å². The molecule has 0 spiro atoms. The van der Waals surface area contributed by atoms with Gasteiger partial charge in [-0.1, -0.05) is 12.1 Å². The minimum absolute atomic E-state index is 0.0104. The van der Waals surface area contributed by atoms with Crippen molar-refractivity contribution in [1.82, 2.24) is 4.98 Å². The zero-order valence-corrected chi connectivity index (χ0v) is 12.6.